The standard InChI is InChI=1S/C22H21N7O4S/c1-27-19-18(20(32)28(2)22(27)33)29(11-23-19)7-3-4-16(30)26-21-25-15(10-34-21)12-5-6-14-13(8-12)9-17(31)24-14/h5-6,8,10-11H,3-4,7,9H2,1-2H3,(H,24,31)(H,25,26,30). The molecule has 0 aliphatic carbocycles. The van der Waals surface area contributed by atoms with Crippen LogP contribution in [0, 0.1) is 0 Å². The molecule has 3 aromatic heterocycles. The number of hydrogen-bond acceptors (Lipinski definition) is 7. The molecule has 4 aromatic rings. The number of anilines is 2. The molecule has 0 saturated carbocycles. The van der Waals surface area contributed by atoms with Crippen LogP contribution < -0.4 is 21.9 Å². The van der Waals surface area contributed by atoms with Gasteiger partial charge in [-0.15, -0.1) is 11.3 Å². The van der Waals surface area contributed by atoms with Crippen molar-refractivity contribution in [3.63, 3.8) is 0 Å². The monoisotopic (exact) mass is 479 g/mol. The summed E-state index contributed by atoms with van der Waals surface area (Å²) in [6.07, 6.45) is 2.57. The average molecular weight is 480 g/mol. The molecular weight excluding hydrogens is 458 g/mol. The Bertz CT molecular complexity index is 1580. The number of hydrogen-bond donors (Lipinski definition) is 2. The van der Waals surface area contributed by atoms with Gasteiger partial charge in [0.15, 0.2) is 16.3 Å². The Balaban J connectivity index is 1.22. The second kappa shape index (κ2) is 8.37. The lowest BCUT2D eigenvalue weighted by Gasteiger charge is -2.06. The molecule has 0 atom stereocenters. The van der Waals surface area contributed by atoms with Gasteiger partial charge >= 0.3 is 5.69 Å². The van der Waals surface area contributed by atoms with E-state index in [4.69, 9.17) is 0 Å². The van der Waals surface area contributed by atoms with Gasteiger partial charge in [0.1, 0.15) is 0 Å². The Morgan fingerprint density at radius 2 is 2.03 bits per heavy atom. The van der Waals surface area contributed by atoms with Crippen molar-refractivity contribution in [2.75, 3.05) is 10.6 Å². The van der Waals surface area contributed by atoms with E-state index in [2.05, 4.69) is 20.6 Å². The van der Waals surface area contributed by atoms with Gasteiger partial charge in [0.2, 0.25) is 11.8 Å². The molecule has 0 bridgehead atoms. The first-order valence-corrected chi connectivity index (χ1v) is 11.5. The van der Waals surface area contributed by atoms with E-state index in [-0.39, 0.29) is 18.2 Å². The molecule has 34 heavy (non-hydrogen) atoms. The summed E-state index contributed by atoms with van der Waals surface area (Å²) in [4.78, 5) is 57.2. The fourth-order valence-corrected chi connectivity index (χ4v) is 4.75. The van der Waals surface area contributed by atoms with Crippen molar-refractivity contribution < 1.29 is 9.59 Å². The van der Waals surface area contributed by atoms with Crippen LogP contribution in [0.15, 0.2) is 39.5 Å². The number of nitrogens with one attached hydrogen (secondary N) is 2. The van der Waals surface area contributed by atoms with Gasteiger partial charge in [-0.2, -0.15) is 0 Å². The molecule has 5 rings (SSSR count). The summed E-state index contributed by atoms with van der Waals surface area (Å²) in [5.74, 6) is -0.208. The molecule has 0 spiro atoms. The van der Waals surface area contributed by atoms with Crippen LogP contribution in [0.5, 0.6) is 0 Å². The maximum atomic E-state index is 12.5. The summed E-state index contributed by atoms with van der Waals surface area (Å²) in [5, 5.41) is 7.97. The third-order valence-electron chi connectivity index (χ3n) is 5.80. The fraction of sp³-hybridized carbons (Fsp3) is 0.273. The predicted molar refractivity (Wildman–Crippen MR) is 128 cm³/mol. The van der Waals surface area contributed by atoms with Gasteiger partial charge in [-0.1, -0.05) is 6.07 Å². The summed E-state index contributed by atoms with van der Waals surface area (Å²) in [6, 6.07) is 5.68. The number of amides is 2. The van der Waals surface area contributed by atoms with Gasteiger partial charge < -0.3 is 15.2 Å². The van der Waals surface area contributed by atoms with Gasteiger partial charge in [0.05, 0.1) is 18.4 Å². The van der Waals surface area contributed by atoms with Gasteiger partial charge in [0, 0.05) is 43.7 Å². The van der Waals surface area contributed by atoms with E-state index in [1.165, 1.54) is 29.3 Å². The minimum absolute atomic E-state index is 0.0218. The van der Waals surface area contributed by atoms with E-state index >= 15 is 0 Å². The zero-order valence-corrected chi connectivity index (χ0v) is 19.3. The Kier molecular flexibility index (Phi) is 5.36. The van der Waals surface area contributed by atoms with Gasteiger partial charge in [0.25, 0.3) is 5.56 Å². The summed E-state index contributed by atoms with van der Waals surface area (Å²) < 4.78 is 4.04. The normalized spacial score (nSPS) is 12.7. The van der Waals surface area contributed by atoms with E-state index in [0.717, 1.165) is 27.1 Å². The molecule has 11 nitrogen and oxygen atoms in total. The van der Waals surface area contributed by atoms with Crippen molar-refractivity contribution in [3.05, 3.63) is 56.3 Å². The highest BCUT2D eigenvalue weighted by atomic mass is 32.1. The molecule has 1 aliphatic rings. The smallest absolute Gasteiger partial charge is 0.326 e. The van der Waals surface area contributed by atoms with Gasteiger partial charge in [-0.25, -0.2) is 14.8 Å². The van der Waals surface area contributed by atoms with Crippen LogP contribution in [0.2, 0.25) is 0 Å². The van der Waals surface area contributed by atoms with Crippen molar-refractivity contribution in [1.82, 2.24) is 23.7 Å². The van der Waals surface area contributed by atoms with E-state index < -0.39 is 11.2 Å². The van der Waals surface area contributed by atoms with E-state index in [9.17, 15) is 19.2 Å². The Hall–Kier alpha value is -4.06. The SMILES string of the molecule is Cn1c(=O)c2c(ncn2CCCC(=O)Nc2nc(-c3ccc4c(c3)CC(=O)N4)cs2)n(C)c1=O. The molecule has 12 heteroatoms. The predicted octanol–water partition coefficient (Wildman–Crippen LogP) is 1.47. The zero-order chi connectivity index (χ0) is 24.0. The van der Waals surface area contributed by atoms with E-state index in [1.807, 2.05) is 23.6 Å². The molecule has 0 saturated heterocycles. The van der Waals surface area contributed by atoms with Crippen molar-refractivity contribution in [2.45, 2.75) is 25.8 Å². The van der Waals surface area contributed by atoms with Gasteiger partial charge in [-0.3, -0.25) is 23.5 Å². The van der Waals surface area contributed by atoms with Crippen LogP contribution in [0.4, 0.5) is 10.8 Å². The first-order chi connectivity index (χ1) is 16.3. The first-order valence-electron chi connectivity index (χ1n) is 10.6. The highest BCUT2D eigenvalue weighted by Gasteiger charge is 2.19. The van der Waals surface area contributed by atoms with E-state index in [0.29, 0.717) is 35.7 Å². The molecule has 2 N–H and O–H groups in total. The third kappa shape index (κ3) is 3.81. The summed E-state index contributed by atoms with van der Waals surface area (Å²) in [7, 11) is 2.99. The van der Waals surface area contributed by atoms with Crippen molar-refractivity contribution in [2.24, 2.45) is 14.1 Å². The highest BCUT2D eigenvalue weighted by molar-refractivity contribution is 7.14. The zero-order valence-electron chi connectivity index (χ0n) is 18.5. The second-order valence-electron chi connectivity index (χ2n) is 8.10. The van der Waals surface area contributed by atoms with Crippen LogP contribution >= 0.6 is 11.3 Å². The molecule has 0 unspecified atom stereocenters. The summed E-state index contributed by atoms with van der Waals surface area (Å²) in [6.45, 7) is 0.405. The quantitative estimate of drug-likeness (QED) is 0.430. The van der Waals surface area contributed by atoms with Crippen molar-refractivity contribution >= 4 is 45.1 Å². The highest BCUT2D eigenvalue weighted by Crippen LogP contribution is 2.30. The molecule has 4 heterocycles. The average Bonchev–Trinajstić information content (AvgIpc) is 3.53. The molecule has 1 aromatic carbocycles. The molecular formula is C22H21N7O4S. The Labute approximate surface area is 196 Å². The minimum atomic E-state index is -0.435. The molecule has 0 fully saturated rings. The number of imidazole rings is 1. The first kappa shape index (κ1) is 21.8. The van der Waals surface area contributed by atoms with Crippen LogP contribution in [0.25, 0.3) is 22.4 Å². The Morgan fingerprint density at radius 1 is 1.21 bits per heavy atom. The fourth-order valence-electron chi connectivity index (χ4n) is 4.01. The van der Waals surface area contributed by atoms with Crippen molar-refractivity contribution in [1.29, 1.82) is 0 Å². The minimum Gasteiger partial charge on any atom is -0.326 e. The number of fused-ring (bicyclic) bond motifs is 2. The maximum absolute atomic E-state index is 12.5. The van der Waals surface area contributed by atoms with Gasteiger partial charge in [-0.05, 0) is 24.1 Å². The molecule has 2 amide bonds. The lowest BCUT2D eigenvalue weighted by molar-refractivity contribution is -0.116. The largest absolute Gasteiger partial charge is 0.332 e. The number of aryl methyl sites for hydroxylation is 2. The molecule has 174 valence electrons. The van der Waals surface area contributed by atoms with Crippen LogP contribution in [-0.4, -0.2) is 35.5 Å². The lowest BCUT2D eigenvalue weighted by Crippen LogP contribution is -2.37. The topological polar surface area (TPSA) is 133 Å². The number of benzene rings is 1. The van der Waals surface area contributed by atoms with Crippen LogP contribution in [0.3, 0.4) is 0 Å². The van der Waals surface area contributed by atoms with E-state index in [1.54, 1.807) is 11.6 Å². The second-order valence-corrected chi connectivity index (χ2v) is 8.96. The molecule has 1 aliphatic heterocycles. The lowest BCUT2D eigenvalue weighted by atomic mass is 10.1. The van der Waals surface area contributed by atoms with Crippen molar-refractivity contribution in [3.8, 4) is 11.3 Å². The van der Waals surface area contributed by atoms with Crippen LogP contribution in [0.1, 0.15) is 18.4 Å². The third-order valence-corrected chi connectivity index (χ3v) is 6.55. The number of rotatable bonds is 6. The summed E-state index contributed by atoms with van der Waals surface area (Å²) in [5.41, 5.74) is 3.17. The molecule has 0 radical (unpaired) electrons. The maximum Gasteiger partial charge on any atom is 0.332 e. The number of carbonyl (C=O) groups is 2. The number of thiazole rings is 1. The number of carbonyl (C=O) groups excluding carboxylic acids is 2. The summed E-state index contributed by atoms with van der Waals surface area (Å²) >= 11 is 1.33. The number of aromatic nitrogens is 5. The Morgan fingerprint density at radius 3 is 2.85 bits per heavy atom. The van der Waals surface area contributed by atoms with Crippen LogP contribution in [-0.2, 0) is 36.6 Å². The number of nitrogens with zero attached hydrogens (tertiary/aromatic N) is 5.